The molecule has 22 heavy (non-hydrogen) atoms. The number of fused-ring (bicyclic) bond motifs is 1. The van der Waals surface area contributed by atoms with Crippen LogP contribution in [0.15, 0.2) is 24.3 Å². The minimum Gasteiger partial charge on any atom is -0.349 e. The van der Waals surface area contributed by atoms with Gasteiger partial charge in [0.15, 0.2) is 0 Å². The van der Waals surface area contributed by atoms with Crippen LogP contribution in [0.4, 0.5) is 0 Å². The molecule has 1 aromatic rings. The molecule has 1 aliphatic rings. The monoisotopic (exact) mass is 304 g/mol. The molecule has 116 valence electrons. The van der Waals surface area contributed by atoms with Gasteiger partial charge in [0.25, 0.3) is 11.8 Å². The smallest absolute Gasteiger partial charge is 0.333 e. The molecular formula is C15H16N2O5. The SMILES string of the molecule is CN(C)C(=O)CCCC(=O)ON1C(=O)c2ccccc2C1=O. The number of imide groups is 1. The molecule has 0 atom stereocenters. The second kappa shape index (κ2) is 6.38. The van der Waals surface area contributed by atoms with Crippen molar-refractivity contribution in [2.24, 2.45) is 0 Å². The van der Waals surface area contributed by atoms with Crippen LogP contribution in [0.5, 0.6) is 0 Å². The van der Waals surface area contributed by atoms with Gasteiger partial charge in [-0.15, -0.1) is 0 Å². The number of carbonyl (C=O) groups is 4. The van der Waals surface area contributed by atoms with Crippen LogP contribution < -0.4 is 0 Å². The first kappa shape index (κ1) is 15.7. The van der Waals surface area contributed by atoms with E-state index in [0.717, 1.165) is 0 Å². The van der Waals surface area contributed by atoms with Crippen molar-refractivity contribution in [1.82, 2.24) is 9.96 Å². The zero-order chi connectivity index (χ0) is 16.3. The lowest BCUT2D eigenvalue weighted by molar-refractivity contribution is -0.168. The van der Waals surface area contributed by atoms with E-state index in [1.807, 2.05) is 0 Å². The molecule has 3 amide bonds. The molecule has 0 fully saturated rings. The molecule has 7 nitrogen and oxygen atoms in total. The summed E-state index contributed by atoms with van der Waals surface area (Å²) in [7, 11) is 3.25. The number of rotatable bonds is 5. The maximum absolute atomic E-state index is 12.0. The fourth-order valence-corrected chi connectivity index (χ4v) is 2.01. The Kier molecular flexibility index (Phi) is 4.55. The van der Waals surface area contributed by atoms with Crippen LogP contribution in [0.2, 0.25) is 0 Å². The second-order valence-electron chi connectivity index (χ2n) is 5.06. The van der Waals surface area contributed by atoms with Gasteiger partial charge in [-0.2, -0.15) is 0 Å². The average Bonchev–Trinajstić information content (AvgIpc) is 2.72. The topological polar surface area (TPSA) is 84.0 Å². The van der Waals surface area contributed by atoms with Crippen molar-refractivity contribution < 1.29 is 24.0 Å². The van der Waals surface area contributed by atoms with Crippen molar-refractivity contribution in [3.63, 3.8) is 0 Å². The first-order valence-corrected chi connectivity index (χ1v) is 6.80. The largest absolute Gasteiger partial charge is 0.349 e. The van der Waals surface area contributed by atoms with Crippen molar-refractivity contribution in [1.29, 1.82) is 0 Å². The molecule has 0 spiro atoms. The summed E-state index contributed by atoms with van der Waals surface area (Å²) in [4.78, 5) is 53.3. The van der Waals surface area contributed by atoms with E-state index in [4.69, 9.17) is 4.84 Å². The fourth-order valence-electron chi connectivity index (χ4n) is 2.01. The van der Waals surface area contributed by atoms with E-state index in [1.54, 1.807) is 26.2 Å². The van der Waals surface area contributed by atoms with Gasteiger partial charge in [-0.05, 0) is 18.6 Å². The molecule has 1 aliphatic heterocycles. The highest BCUT2D eigenvalue weighted by Crippen LogP contribution is 2.22. The number of nitrogens with zero attached hydrogens (tertiary/aromatic N) is 2. The van der Waals surface area contributed by atoms with E-state index in [0.29, 0.717) is 11.5 Å². The van der Waals surface area contributed by atoms with Crippen LogP contribution in [-0.2, 0) is 14.4 Å². The van der Waals surface area contributed by atoms with Gasteiger partial charge in [-0.1, -0.05) is 17.2 Å². The average molecular weight is 304 g/mol. The van der Waals surface area contributed by atoms with Crippen molar-refractivity contribution in [3.8, 4) is 0 Å². The van der Waals surface area contributed by atoms with Crippen LogP contribution in [-0.4, -0.2) is 47.7 Å². The Morgan fingerprint density at radius 1 is 1.05 bits per heavy atom. The van der Waals surface area contributed by atoms with Crippen molar-refractivity contribution in [3.05, 3.63) is 35.4 Å². The quantitative estimate of drug-likeness (QED) is 0.758. The van der Waals surface area contributed by atoms with E-state index in [1.165, 1.54) is 17.0 Å². The molecule has 1 aromatic carbocycles. The Bertz CT molecular complexity index is 604. The number of hydrogen-bond donors (Lipinski definition) is 0. The molecule has 0 radical (unpaired) electrons. The highest BCUT2D eigenvalue weighted by Gasteiger charge is 2.38. The summed E-state index contributed by atoms with van der Waals surface area (Å²) >= 11 is 0. The maximum Gasteiger partial charge on any atom is 0.333 e. The van der Waals surface area contributed by atoms with E-state index >= 15 is 0 Å². The lowest BCUT2D eigenvalue weighted by Gasteiger charge is -2.13. The number of hydrogen-bond acceptors (Lipinski definition) is 5. The van der Waals surface area contributed by atoms with Crippen LogP contribution in [0.3, 0.4) is 0 Å². The van der Waals surface area contributed by atoms with E-state index in [-0.39, 0.29) is 29.9 Å². The Balaban J connectivity index is 1.90. The number of hydroxylamine groups is 2. The molecular weight excluding hydrogens is 288 g/mol. The van der Waals surface area contributed by atoms with E-state index in [9.17, 15) is 19.2 Å². The van der Waals surface area contributed by atoms with Crippen LogP contribution in [0.25, 0.3) is 0 Å². The molecule has 0 bridgehead atoms. The third-order valence-electron chi connectivity index (χ3n) is 3.22. The first-order valence-electron chi connectivity index (χ1n) is 6.80. The molecule has 2 rings (SSSR count). The zero-order valence-electron chi connectivity index (χ0n) is 12.4. The minimum absolute atomic E-state index is 0.0486. The summed E-state index contributed by atoms with van der Waals surface area (Å²) in [6.07, 6.45) is 0.441. The lowest BCUT2D eigenvalue weighted by Crippen LogP contribution is -2.32. The normalized spacial score (nSPS) is 13.1. The molecule has 7 heteroatoms. The zero-order valence-corrected chi connectivity index (χ0v) is 12.4. The number of amides is 3. The second-order valence-corrected chi connectivity index (χ2v) is 5.06. The molecule has 0 N–H and O–H groups in total. The number of carbonyl (C=O) groups excluding carboxylic acids is 4. The minimum atomic E-state index is -0.721. The van der Waals surface area contributed by atoms with Gasteiger partial charge in [-0.3, -0.25) is 14.4 Å². The molecule has 0 aliphatic carbocycles. The Morgan fingerprint density at radius 3 is 2.09 bits per heavy atom. The van der Waals surface area contributed by atoms with Crippen LogP contribution >= 0.6 is 0 Å². The lowest BCUT2D eigenvalue weighted by atomic mass is 10.1. The first-order chi connectivity index (χ1) is 10.4. The van der Waals surface area contributed by atoms with E-state index in [2.05, 4.69) is 0 Å². The third kappa shape index (κ3) is 3.13. The molecule has 1 heterocycles. The maximum atomic E-state index is 12.0. The predicted molar refractivity (Wildman–Crippen MR) is 75.6 cm³/mol. The van der Waals surface area contributed by atoms with Gasteiger partial charge in [0.2, 0.25) is 5.91 Å². The summed E-state index contributed by atoms with van der Waals surface area (Å²) in [5, 5.41) is 0.473. The Morgan fingerprint density at radius 2 is 1.59 bits per heavy atom. The predicted octanol–water partition coefficient (Wildman–Crippen LogP) is 0.999. The van der Waals surface area contributed by atoms with Crippen LogP contribution in [0, 0.1) is 0 Å². The number of benzene rings is 1. The van der Waals surface area contributed by atoms with Gasteiger partial charge >= 0.3 is 5.97 Å². The molecule has 0 aromatic heterocycles. The molecule has 0 saturated heterocycles. The Hall–Kier alpha value is -2.70. The van der Waals surface area contributed by atoms with Gasteiger partial charge in [0.05, 0.1) is 11.1 Å². The highest BCUT2D eigenvalue weighted by atomic mass is 16.7. The summed E-state index contributed by atoms with van der Waals surface area (Å²) < 4.78 is 0. The van der Waals surface area contributed by atoms with Crippen LogP contribution in [0.1, 0.15) is 40.0 Å². The van der Waals surface area contributed by atoms with Crippen molar-refractivity contribution in [2.75, 3.05) is 14.1 Å². The standard InChI is InChI=1S/C15H16N2O5/c1-16(2)12(18)8-5-9-13(19)22-17-14(20)10-6-3-4-7-11(10)15(17)21/h3-4,6-7H,5,8-9H2,1-2H3. The van der Waals surface area contributed by atoms with Crippen molar-refractivity contribution >= 4 is 23.7 Å². The van der Waals surface area contributed by atoms with Gasteiger partial charge in [0, 0.05) is 26.9 Å². The third-order valence-corrected chi connectivity index (χ3v) is 3.22. The fraction of sp³-hybridized carbons (Fsp3) is 0.333. The van der Waals surface area contributed by atoms with Gasteiger partial charge in [-0.25, -0.2) is 4.79 Å². The van der Waals surface area contributed by atoms with Gasteiger partial charge in [0.1, 0.15) is 0 Å². The Labute approximate surface area is 127 Å². The highest BCUT2D eigenvalue weighted by molar-refractivity contribution is 6.20. The van der Waals surface area contributed by atoms with Gasteiger partial charge < -0.3 is 9.74 Å². The summed E-state index contributed by atoms with van der Waals surface area (Å²) in [5.74, 6) is -2.13. The molecule has 0 saturated carbocycles. The molecule has 0 unspecified atom stereocenters. The summed E-state index contributed by atoms with van der Waals surface area (Å²) in [5.41, 5.74) is 0.422. The summed E-state index contributed by atoms with van der Waals surface area (Å²) in [6, 6.07) is 6.25. The van der Waals surface area contributed by atoms with Crippen molar-refractivity contribution in [2.45, 2.75) is 19.3 Å². The summed E-state index contributed by atoms with van der Waals surface area (Å²) in [6.45, 7) is 0. The van der Waals surface area contributed by atoms with E-state index < -0.39 is 17.8 Å².